The van der Waals surface area contributed by atoms with Gasteiger partial charge in [-0.05, 0) is 44.3 Å². The first kappa shape index (κ1) is 22.4. The lowest BCUT2D eigenvalue weighted by Gasteiger charge is -2.20. The molecule has 2 aromatic rings. The highest BCUT2D eigenvalue weighted by Gasteiger charge is 2.31. The van der Waals surface area contributed by atoms with Gasteiger partial charge in [-0.25, -0.2) is 9.11 Å². The van der Waals surface area contributed by atoms with Gasteiger partial charge in [0.25, 0.3) is 0 Å². The second kappa shape index (κ2) is 9.06. The summed E-state index contributed by atoms with van der Waals surface area (Å²) in [4.78, 5) is -0.471. The fourth-order valence-corrected chi connectivity index (χ4v) is 4.09. The summed E-state index contributed by atoms with van der Waals surface area (Å²) in [5, 5.41) is 10.9. The fraction of sp³-hybridized carbons (Fsp3) is 0.375. The van der Waals surface area contributed by atoms with E-state index in [0.717, 1.165) is 0 Å². The Morgan fingerprint density at radius 3 is 2.74 bits per heavy atom. The summed E-state index contributed by atoms with van der Waals surface area (Å²) in [6, 6.07) is 3.92. The van der Waals surface area contributed by atoms with Crippen LogP contribution in [0.4, 0.5) is 4.39 Å². The van der Waals surface area contributed by atoms with E-state index in [1.54, 1.807) is 0 Å². The van der Waals surface area contributed by atoms with Crippen molar-refractivity contribution in [2.24, 2.45) is 0 Å². The van der Waals surface area contributed by atoms with Crippen LogP contribution in [0.1, 0.15) is 17.0 Å². The quantitative estimate of drug-likeness (QED) is 0.307. The average Bonchev–Trinajstić information content (AvgIpc) is 2.85. The van der Waals surface area contributed by atoms with Crippen molar-refractivity contribution in [3.63, 3.8) is 0 Å². The minimum absolute atomic E-state index is 0.00478. The van der Waals surface area contributed by atoms with Crippen LogP contribution in [-0.4, -0.2) is 28.7 Å². The molecule has 1 heterocycles. The van der Waals surface area contributed by atoms with E-state index in [2.05, 4.69) is 20.7 Å². The number of hydrogen-bond donors (Lipinski definition) is 2. The highest BCUT2D eigenvalue weighted by molar-refractivity contribution is 9.09. The third kappa shape index (κ3) is 6.03. The lowest BCUT2D eigenvalue weighted by atomic mass is 10.1. The van der Waals surface area contributed by atoms with Gasteiger partial charge in [-0.3, -0.25) is 4.21 Å². The highest BCUT2D eigenvalue weighted by atomic mass is 79.9. The van der Waals surface area contributed by atoms with Crippen molar-refractivity contribution in [2.45, 2.75) is 30.9 Å². The zero-order chi connectivity index (χ0) is 20.4. The molecule has 0 bridgehead atoms. The Bertz CT molecular complexity index is 845. The number of rotatable bonds is 8. The summed E-state index contributed by atoms with van der Waals surface area (Å²) in [6.45, 7) is 5.91. The Hall–Kier alpha value is -0.913. The molecule has 2 rings (SSSR count). The molecule has 0 fully saturated rings. The normalized spacial score (nSPS) is 14.2. The predicted molar refractivity (Wildman–Crippen MR) is 108 cm³/mol. The first-order valence-electron chi connectivity index (χ1n) is 7.96. The number of aromatic hydroxyl groups is 1. The maximum Gasteiger partial charge on any atom is 0.242 e. The van der Waals surface area contributed by atoms with E-state index in [1.807, 2.05) is 19.6 Å². The Morgan fingerprint density at radius 2 is 2.15 bits per heavy atom. The van der Waals surface area contributed by atoms with E-state index >= 15 is 0 Å². The van der Waals surface area contributed by atoms with E-state index in [1.165, 1.54) is 18.2 Å². The largest absolute Gasteiger partial charge is 0.760 e. The molecular weight excluding hydrogens is 481 g/mol. The molecule has 1 aromatic carbocycles. The molecule has 0 spiro atoms. The van der Waals surface area contributed by atoms with E-state index in [4.69, 9.17) is 20.4 Å². The molecule has 27 heavy (non-hydrogen) atoms. The minimum Gasteiger partial charge on any atom is -0.760 e. The van der Waals surface area contributed by atoms with Crippen molar-refractivity contribution in [3.05, 3.63) is 34.8 Å². The molecule has 2 atom stereocenters. The van der Waals surface area contributed by atoms with E-state index < -0.39 is 30.2 Å². The number of benzene rings is 1. The maximum atomic E-state index is 14.3. The molecule has 0 aliphatic heterocycles. The lowest BCUT2D eigenvalue weighted by Crippen LogP contribution is -2.29. The zero-order valence-corrected chi connectivity index (χ0v) is 19.0. The van der Waals surface area contributed by atoms with Gasteiger partial charge in [0.2, 0.25) is 14.1 Å². The predicted octanol–water partition coefficient (Wildman–Crippen LogP) is 4.87. The summed E-state index contributed by atoms with van der Waals surface area (Å²) < 4.78 is 49.5. The van der Waals surface area contributed by atoms with Crippen LogP contribution in [0.3, 0.4) is 0 Å². The molecule has 2 unspecified atom stereocenters. The molecule has 0 saturated heterocycles. The Balaban J connectivity index is 2.48. The highest BCUT2D eigenvalue weighted by Crippen LogP contribution is 2.49. The van der Waals surface area contributed by atoms with Crippen molar-refractivity contribution in [1.82, 2.24) is 4.72 Å². The van der Waals surface area contributed by atoms with Crippen LogP contribution in [-0.2, 0) is 11.3 Å². The molecule has 0 saturated carbocycles. The number of nitrogens with one attached hydrogen (secondary N) is 1. The Labute approximate surface area is 173 Å². The molecule has 0 amide bonds. The molecule has 0 radical (unpaired) electrons. The van der Waals surface area contributed by atoms with E-state index in [9.17, 15) is 18.3 Å². The summed E-state index contributed by atoms with van der Waals surface area (Å²) in [6.07, 6.45) is 0.320. The third-order valence-corrected chi connectivity index (χ3v) is 5.71. The summed E-state index contributed by atoms with van der Waals surface area (Å²) in [5.41, 5.74) is 0.00478. The second-order valence-corrected chi connectivity index (χ2v) is 13.4. The summed E-state index contributed by atoms with van der Waals surface area (Å²) in [5.74, 6) is -0.651. The van der Waals surface area contributed by atoms with Crippen molar-refractivity contribution >= 4 is 47.1 Å². The van der Waals surface area contributed by atoms with Gasteiger partial charge in [0.05, 0.1) is 10.4 Å². The third-order valence-electron chi connectivity index (χ3n) is 3.35. The van der Waals surface area contributed by atoms with Crippen molar-refractivity contribution in [1.29, 1.82) is 0 Å². The Kier molecular flexibility index (Phi) is 7.51. The molecule has 0 aliphatic rings. The van der Waals surface area contributed by atoms with Gasteiger partial charge in [-0.15, -0.1) is 0 Å². The van der Waals surface area contributed by atoms with Gasteiger partial charge in [0, 0.05) is 22.8 Å². The number of alkyl halides is 1. The van der Waals surface area contributed by atoms with Crippen molar-refractivity contribution < 1.29 is 27.1 Å². The van der Waals surface area contributed by atoms with Crippen LogP contribution < -0.4 is 9.15 Å². The Morgan fingerprint density at radius 1 is 1.48 bits per heavy atom. The van der Waals surface area contributed by atoms with Gasteiger partial charge in [0.15, 0.2) is 17.3 Å². The zero-order valence-electron chi connectivity index (χ0n) is 14.8. The van der Waals surface area contributed by atoms with Crippen molar-refractivity contribution in [3.8, 4) is 22.8 Å². The van der Waals surface area contributed by atoms with Crippen LogP contribution in [0.25, 0.3) is 11.3 Å². The summed E-state index contributed by atoms with van der Waals surface area (Å²) in [7, 11) is -2.14. The first-order chi connectivity index (χ1) is 12.5. The van der Waals surface area contributed by atoms with Crippen molar-refractivity contribution in [2.75, 3.05) is 6.54 Å². The lowest BCUT2D eigenvalue weighted by molar-refractivity contribution is 0.438. The number of hydrogen-bond acceptors (Lipinski definition) is 5. The van der Waals surface area contributed by atoms with E-state index in [0.29, 0.717) is 6.42 Å². The van der Waals surface area contributed by atoms with Crippen LogP contribution >= 0.6 is 27.5 Å². The SMILES string of the molecule is C[Si](C)(C)Oc1c(C(Br)CCNS(=O)[O-])oc(-c2cc(Cl)ccc2F)c1O. The van der Waals surface area contributed by atoms with Crippen LogP contribution in [0.15, 0.2) is 22.6 Å². The molecule has 11 heteroatoms. The molecule has 6 nitrogen and oxygen atoms in total. The molecular formula is C16H19BrClFNO5SSi-. The standard InChI is InChI=1S/C16H20BrClFNO5SSi/c1-27(2,3)25-16-13(21)14(10-8-9(18)4-5-12(10)19)24-15(16)11(17)6-7-20-26(22)23/h4-5,8,11,20-21H,6-7H2,1-3H3,(H,22,23)/p-1. The monoisotopic (exact) mass is 498 g/mol. The van der Waals surface area contributed by atoms with Gasteiger partial charge >= 0.3 is 0 Å². The molecule has 2 N–H and O–H groups in total. The van der Waals surface area contributed by atoms with Gasteiger partial charge < -0.3 is 18.5 Å². The fourth-order valence-electron chi connectivity index (χ4n) is 2.29. The van der Waals surface area contributed by atoms with Gasteiger partial charge in [-0.1, -0.05) is 27.5 Å². The average molecular weight is 500 g/mol. The number of halogens is 3. The van der Waals surface area contributed by atoms with Crippen LogP contribution in [0, 0.1) is 5.82 Å². The smallest absolute Gasteiger partial charge is 0.242 e. The van der Waals surface area contributed by atoms with Crippen LogP contribution in [0.5, 0.6) is 11.5 Å². The topological polar surface area (TPSA) is 94.8 Å². The first-order valence-corrected chi connectivity index (χ1v) is 13.7. The van der Waals surface area contributed by atoms with Gasteiger partial charge in [-0.2, -0.15) is 0 Å². The minimum atomic E-state index is -2.38. The maximum absolute atomic E-state index is 14.3. The number of furan rings is 1. The van der Waals surface area contributed by atoms with Crippen LogP contribution in [0.2, 0.25) is 24.7 Å². The molecule has 150 valence electrons. The molecule has 1 aromatic heterocycles. The summed E-state index contributed by atoms with van der Waals surface area (Å²) >= 11 is 6.98. The van der Waals surface area contributed by atoms with E-state index in [-0.39, 0.29) is 40.2 Å². The molecule has 0 aliphatic carbocycles. The second-order valence-electron chi connectivity index (χ2n) is 6.70. The van der Waals surface area contributed by atoms with Gasteiger partial charge in [0.1, 0.15) is 5.82 Å².